The molecule has 0 spiro atoms. The lowest BCUT2D eigenvalue weighted by molar-refractivity contribution is -0.119. The van der Waals surface area contributed by atoms with E-state index in [-0.39, 0.29) is 5.75 Å². The zero-order chi connectivity index (χ0) is 17.7. The van der Waals surface area contributed by atoms with E-state index in [9.17, 15) is 22.0 Å². The molecule has 128 valence electrons. The summed E-state index contributed by atoms with van der Waals surface area (Å²) in [6.07, 6.45) is 0. The van der Waals surface area contributed by atoms with Crippen molar-refractivity contribution in [2.75, 3.05) is 5.75 Å². The van der Waals surface area contributed by atoms with Crippen LogP contribution in [0.25, 0.3) is 0 Å². The van der Waals surface area contributed by atoms with Gasteiger partial charge >= 0.3 is 0 Å². The second-order valence-corrected chi connectivity index (χ2v) is 7.47. The van der Waals surface area contributed by atoms with Crippen LogP contribution in [-0.4, -0.2) is 20.1 Å². The fourth-order valence-electron chi connectivity index (χ4n) is 1.73. The minimum atomic E-state index is -4.55. The molecule has 0 aliphatic rings. The third-order valence-electron chi connectivity index (χ3n) is 2.90. The second-order valence-electron chi connectivity index (χ2n) is 4.81. The van der Waals surface area contributed by atoms with Gasteiger partial charge in [-0.25, -0.2) is 17.2 Å². The summed E-state index contributed by atoms with van der Waals surface area (Å²) in [6, 6.07) is 10.1. The number of benzene rings is 2. The van der Waals surface area contributed by atoms with Crippen molar-refractivity contribution in [3.8, 4) is 0 Å². The smallest absolute Gasteiger partial charge is 0.263 e. The molecule has 0 heterocycles. The predicted octanol–water partition coefficient (Wildman–Crippen LogP) is 2.38. The van der Waals surface area contributed by atoms with E-state index >= 15 is 0 Å². The molecular formula is C15H14F2N2O3S2. The molecule has 0 fully saturated rings. The maximum absolute atomic E-state index is 13.5. The van der Waals surface area contributed by atoms with Crippen LogP contribution in [0.4, 0.5) is 8.78 Å². The van der Waals surface area contributed by atoms with Gasteiger partial charge in [-0.2, -0.15) is 0 Å². The summed E-state index contributed by atoms with van der Waals surface area (Å²) in [4.78, 5) is 13.1. The van der Waals surface area contributed by atoms with Crippen molar-refractivity contribution in [2.45, 2.75) is 16.7 Å². The summed E-state index contributed by atoms with van der Waals surface area (Å²) in [5.74, 6) is -3.21. The highest BCUT2D eigenvalue weighted by molar-refractivity contribution is 8.00. The maximum atomic E-state index is 13.5. The Bertz CT molecular complexity index is 820. The fraction of sp³-hybridized carbons (Fsp3) is 0.133. The second kappa shape index (κ2) is 7.73. The van der Waals surface area contributed by atoms with Gasteiger partial charge in [0, 0.05) is 4.90 Å². The number of nitrogens with one attached hydrogen (secondary N) is 2. The van der Waals surface area contributed by atoms with Crippen LogP contribution in [0.1, 0.15) is 5.56 Å². The van der Waals surface area contributed by atoms with Crippen molar-refractivity contribution in [3.05, 3.63) is 59.7 Å². The molecule has 0 saturated heterocycles. The van der Waals surface area contributed by atoms with Gasteiger partial charge in [-0.3, -0.25) is 10.2 Å². The predicted molar refractivity (Wildman–Crippen MR) is 86.7 cm³/mol. The molecule has 0 aliphatic heterocycles. The van der Waals surface area contributed by atoms with E-state index in [1.54, 1.807) is 4.83 Å². The number of hydrogen-bond donors (Lipinski definition) is 2. The van der Waals surface area contributed by atoms with Gasteiger partial charge in [-0.05, 0) is 31.2 Å². The number of carbonyl (C=O) groups excluding carboxylic acids is 1. The van der Waals surface area contributed by atoms with Crippen LogP contribution >= 0.6 is 11.8 Å². The Morgan fingerprint density at radius 2 is 1.67 bits per heavy atom. The summed E-state index contributed by atoms with van der Waals surface area (Å²) >= 11 is 1.19. The summed E-state index contributed by atoms with van der Waals surface area (Å²) in [6.45, 7) is 1.93. The Morgan fingerprint density at radius 1 is 1.08 bits per heavy atom. The Labute approximate surface area is 142 Å². The number of rotatable bonds is 6. The molecule has 2 rings (SSSR count). The number of hydrazine groups is 1. The molecule has 9 heteroatoms. The quantitative estimate of drug-likeness (QED) is 0.603. The van der Waals surface area contributed by atoms with Crippen molar-refractivity contribution in [1.82, 2.24) is 10.3 Å². The van der Waals surface area contributed by atoms with Gasteiger partial charge in [0.15, 0.2) is 4.90 Å². The van der Waals surface area contributed by atoms with Gasteiger partial charge in [0.25, 0.3) is 10.0 Å². The molecule has 0 saturated carbocycles. The first kappa shape index (κ1) is 18.4. The Morgan fingerprint density at radius 3 is 2.25 bits per heavy atom. The number of amides is 1. The number of hydrogen-bond acceptors (Lipinski definition) is 4. The van der Waals surface area contributed by atoms with E-state index in [1.807, 2.05) is 36.6 Å². The van der Waals surface area contributed by atoms with Crippen LogP contribution in [0.15, 0.2) is 52.3 Å². The lowest BCUT2D eigenvalue weighted by atomic mass is 10.2. The van der Waals surface area contributed by atoms with Crippen LogP contribution in [0.5, 0.6) is 0 Å². The number of carbonyl (C=O) groups is 1. The van der Waals surface area contributed by atoms with Crippen LogP contribution in [0.2, 0.25) is 0 Å². The molecule has 0 aliphatic carbocycles. The molecule has 24 heavy (non-hydrogen) atoms. The molecular weight excluding hydrogens is 358 g/mol. The third-order valence-corrected chi connectivity index (χ3v) is 5.21. The van der Waals surface area contributed by atoms with Crippen molar-refractivity contribution >= 4 is 27.7 Å². The Kier molecular flexibility index (Phi) is 5.92. The van der Waals surface area contributed by atoms with E-state index in [2.05, 4.69) is 0 Å². The van der Waals surface area contributed by atoms with Crippen molar-refractivity contribution < 1.29 is 22.0 Å². The minimum absolute atomic E-state index is 0.0642. The Hall–Kier alpha value is -1.97. The number of halogens is 2. The standard InChI is InChI=1S/C15H14F2N2O3S2/c1-10-5-7-11(8-6-10)23-9-14(20)18-19-24(21,22)15-12(16)3-2-4-13(15)17/h2-8,19H,9H2,1H3,(H,18,20). The summed E-state index contributed by atoms with van der Waals surface area (Å²) < 4.78 is 50.7. The van der Waals surface area contributed by atoms with Gasteiger partial charge in [0.2, 0.25) is 5.91 Å². The van der Waals surface area contributed by atoms with Crippen molar-refractivity contribution in [1.29, 1.82) is 0 Å². The molecule has 0 unspecified atom stereocenters. The van der Waals surface area contributed by atoms with Crippen LogP contribution in [0, 0.1) is 18.6 Å². The van der Waals surface area contributed by atoms with Gasteiger partial charge in [-0.1, -0.05) is 23.8 Å². The summed E-state index contributed by atoms with van der Waals surface area (Å²) in [7, 11) is -4.55. The number of aryl methyl sites for hydroxylation is 1. The molecule has 2 aromatic rings. The van der Waals surface area contributed by atoms with Crippen LogP contribution < -0.4 is 10.3 Å². The van der Waals surface area contributed by atoms with Gasteiger partial charge in [0.05, 0.1) is 5.75 Å². The molecule has 5 nitrogen and oxygen atoms in total. The van der Waals surface area contributed by atoms with E-state index < -0.39 is 32.5 Å². The molecule has 0 bridgehead atoms. The molecule has 0 radical (unpaired) electrons. The normalized spacial score (nSPS) is 11.3. The van der Waals surface area contributed by atoms with Gasteiger partial charge in [-0.15, -0.1) is 16.6 Å². The van der Waals surface area contributed by atoms with Gasteiger partial charge in [0.1, 0.15) is 11.6 Å². The zero-order valence-electron chi connectivity index (χ0n) is 12.5. The highest BCUT2D eigenvalue weighted by Crippen LogP contribution is 2.19. The third kappa shape index (κ3) is 4.76. The van der Waals surface area contributed by atoms with Crippen LogP contribution in [-0.2, 0) is 14.8 Å². The largest absolute Gasteiger partial charge is 0.277 e. The fourth-order valence-corrected chi connectivity index (χ4v) is 3.43. The van der Waals surface area contributed by atoms with E-state index in [4.69, 9.17) is 0 Å². The number of sulfonamides is 1. The monoisotopic (exact) mass is 372 g/mol. The molecule has 2 aromatic carbocycles. The van der Waals surface area contributed by atoms with E-state index in [0.29, 0.717) is 0 Å². The molecule has 2 N–H and O–H groups in total. The zero-order valence-corrected chi connectivity index (χ0v) is 14.2. The topological polar surface area (TPSA) is 75.3 Å². The Balaban J connectivity index is 1.94. The lowest BCUT2D eigenvalue weighted by Crippen LogP contribution is -2.43. The van der Waals surface area contributed by atoms with Gasteiger partial charge < -0.3 is 0 Å². The molecule has 0 aromatic heterocycles. The highest BCUT2D eigenvalue weighted by Gasteiger charge is 2.24. The highest BCUT2D eigenvalue weighted by atomic mass is 32.2. The van der Waals surface area contributed by atoms with Crippen molar-refractivity contribution in [2.24, 2.45) is 0 Å². The molecule has 0 atom stereocenters. The average molecular weight is 372 g/mol. The SMILES string of the molecule is Cc1ccc(SCC(=O)NNS(=O)(=O)c2c(F)cccc2F)cc1. The lowest BCUT2D eigenvalue weighted by Gasteiger charge is -2.09. The molecule has 1 amide bonds. The summed E-state index contributed by atoms with van der Waals surface area (Å²) in [5.41, 5.74) is 3.00. The summed E-state index contributed by atoms with van der Waals surface area (Å²) in [5, 5.41) is 0. The van der Waals surface area contributed by atoms with E-state index in [1.165, 1.54) is 11.8 Å². The minimum Gasteiger partial charge on any atom is -0.277 e. The first-order valence-electron chi connectivity index (χ1n) is 6.74. The number of thioether (sulfide) groups is 1. The van der Waals surface area contributed by atoms with Crippen LogP contribution in [0.3, 0.4) is 0 Å². The first-order valence-corrected chi connectivity index (χ1v) is 9.20. The van der Waals surface area contributed by atoms with E-state index in [0.717, 1.165) is 28.7 Å². The average Bonchev–Trinajstić information content (AvgIpc) is 2.52. The first-order chi connectivity index (χ1) is 11.3. The van der Waals surface area contributed by atoms with Crippen molar-refractivity contribution in [3.63, 3.8) is 0 Å². The maximum Gasteiger partial charge on any atom is 0.263 e.